The van der Waals surface area contributed by atoms with Gasteiger partial charge in [0.2, 0.25) is 0 Å². The van der Waals surface area contributed by atoms with E-state index in [4.69, 9.17) is 4.42 Å². The Morgan fingerprint density at radius 2 is 1.13 bits per heavy atom. The predicted octanol–water partition coefficient (Wildman–Crippen LogP) is 12.5. The van der Waals surface area contributed by atoms with Crippen molar-refractivity contribution in [3.05, 3.63) is 175 Å². The van der Waals surface area contributed by atoms with E-state index in [0.29, 0.717) is 5.92 Å². The number of anilines is 3. The van der Waals surface area contributed by atoms with Gasteiger partial charge in [-0.3, -0.25) is 0 Å². The first-order valence-electron chi connectivity index (χ1n) is 16.5. The topological polar surface area (TPSA) is 16.4 Å². The summed E-state index contributed by atoms with van der Waals surface area (Å²) in [6.45, 7) is 4.84. The van der Waals surface area contributed by atoms with Crippen molar-refractivity contribution in [3.8, 4) is 22.3 Å². The number of nitrogens with zero attached hydrogens (tertiary/aromatic N) is 1. The van der Waals surface area contributed by atoms with Crippen LogP contribution in [0.2, 0.25) is 0 Å². The molecule has 0 saturated carbocycles. The molecule has 2 atom stereocenters. The molecule has 47 heavy (non-hydrogen) atoms. The molecule has 0 amide bonds. The molecule has 0 spiro atoms. The first-order valence-corrected chi connectivity index (χ1v) is 16.5. The van der Waals surface area contributed by atoms with Crippen molar-refractivity contribution in [2.45, 2.75) is 25.2 Å². The summed E-state index contributed by atoms with van der Waals surface area (Å²) in [6, 6.07) is 50.1. The van der Waals surface area contributed by atoms with E-state index in [2.05, 4.69) is 183 Å². The van der Waals surface area contributed by atoms with Gasteiger partial charge >= 0.3 is 0 Å². The van der Waals surface area contributed by atoms with Crippen LogP contribution in [0.3, 0.4) is 0 Å². The third-order valence-electron chi connectivity index (χ3n) is 10.3. The van der Waals surface area contributed by atoms with Crippen molar-refractivity contribution in [3.63, 3.8) is 0 Å². The number of rotatable bonds is 5. The molecule has 0 aliphatic heterocycles. The highest BCUT2D eigenvalue weighted by molar-refractivity contribution is 6.10. The lowest BCUT2D eigenvalue weighted by molar-refractivity contribution is 0.396. The van der Waals surface area contributed by atoms with Crippen molar-refractivity contribution in [2.75, 3.05) is 4.90 Å². The molecule has 0 radical (unpaired) electrons. The lowest BCUT2D eigenvalue weighted by Crippen LogP contribution is -2.24. The number of hydrogen-bond donors (Lipinski definition) is 0. The van der Waals surface area contributed by atoms with E-state index in [0.717, 1.165) is 22.5 Å². The molecule has 2 unspecified atom stereocenters. The molecule has 2 aliphatic carbocycles. The molecule has 9 rings (SSSR count). The standard InChI is InChI=1S/C45H35NO/c1-45(2)38-25-11-9-23-36(38)42-39(29-41-43(44(42)45)37-24-10-12-26-40(37)47-41)46(34-21-13-19-32(27-34)30-15-5-3-6-16-30)35-22-14-20-33(28-35)31-17-7-4-8-18-31/h3-29,36,38H,1-2H3. The Kier molecular flexibility index (Phi) is 6.33. The van der Waals surface area contributed by atoms with Crippen molar-refractivity contribution in [2.24, 2.45) is 5.92 Å². The van der Waals surface area contributed by atoms with Crippen LogP contribution in [0.25, 0.3) is 44.2 Å². The molecule has 2 nitrogen and oxygen atoms in total. The summed E-state index contributed by atoms with van der Waals surface area (Å²) < 4.78 is 6.71. The second-order valence-corrected chi connectivity index (χ2v) is 13.4. The highest BCUT2D eigenvalue weighted by Gasteiger charge is 2.48. The summed E-state index contributed by atoms with van der Waals surface area (Å²) >= 11 is 0. The van der Waals surface area contributed by atoms with Gasteiger partial charge in [0.15, 0.2) is 0 Å². The van der Waals surface area contributed by atoms with Crippen molar-refractivity contribution in [1.82, 2.24) is 0 Å². The van der Waals surface area contributed by atoms with Gasteiger partial charge in [0.1, 0.15) is 11.2 Å². The van der Waals surface area contributed by atoms with Crippen LogP contribution < -0.4 is 4.90 Å². The maximum Gasteiger partial charge on any atom is 0.137 e. The molecule has 0 fully saturated rings. The smallest absolute Gasteiger partial charge is 0.137 e. The molecule has 1 heterocycles. The molecule has 2 aliphatic rings. The summed E-state index contributed by atoms with van der Waals surface area (Å²) in [5.41, 5.74) is 12.7. The third-order valence-corrected chi connectivity index (χ3v) is 10.3. The van der Waals surface area contributed by atoms with Crippen molar-refractivity contribution < 1.29 is 4.42 Å². The van der Waals surface area contributed by atoms with Crippen LogP contribution >= 0.6 is 0 Å². The van der Waals surface area contributed by atoms with Crippen LogP contribution in [0, 0.1) is 5.92 Å². The number of allylic oxidation sites excluding steroid dienone is 4. The Balaban J connectivity index is 1.37. The molecule has 6 aromatic carbocycles. The quantitative estimate of drug-likeness (QED) is 0.194. The lowest BCUT2D eigenvalue weighted by atomic mass is 9.74. The Morgan fingerprint density at radius 1 is 0.553 bits per heavy atom. The Labute approximate surface area is 275 Å². The average molecular weight is 606 g/mol. The minimum Gasteiger partial charge on any atom is -0.456 e. The van der Waals surface area contributed by atoms with Crippen LogP contribution in [0.15, 0.2) is 168 Å². The van der Waals surface area contributed by atoms with Gasteiger partial charge in [0, 0.05) is 34.1 Å². The zero-order chi connectivity index (χ0) is 31.5. The molecule has 7 aromatic rings. The first-order chi connectivity index (χ1) is 23.1. The Hall–Kier alpha value is -5.60. The zero-order valence-corrected chi connectivity index (χ0v) is 26.6. The highest BCUT2D eigenvalue weighted by Crippen LogP contribution is 2.60. The van der Waals surface area contributed by atoms with Crippen molar-refractivity contribution >= 4 is 39.0 Å². The van der Waals surface area contributed by atoms with Gasteiger partial charge in [0.25, 0.3) is 0 Å². The first kappa shape index (κ1) is 27.7. The van der Waals surface area contributed by atoms with E-state index in [1.807, 2.05) is 0 Å². The summed E-state index contributed by atoms with van der Waals surface area (Å²) in [6.07, 6.45) is 9.28. The van der Waals surface area contributed by atoms with E-state index in [1.165, 1.54) is 49.8 Å². The minimum absolute atomic E-state index is 0.106. The number of hydrogen-bond acceptors (Lipinski definition) is 2. The molecular weight excluding hydrogens is 571 g/mol. The number of furan rings is 1. The normalized spacial score (nSPS) is 17.6. The second kappa shape index (κ2) is 10.7. The monoisotopic (exact) mass is 605 g/mol. The molecular formula is C45H35NO. The maximum absolute atomic E-state index is 6.71. The van der Waals surface area contributed by atoms with Crippen LogP contribution in [0.5, 0.6) is 0 Å². The van der Waals surface area contributed by atoms with E-state index in [1.54, 1.807) is 0 Å². The fourth-order valence-electron chi connectivity index (χ4n) is 8.16. The van der Waals surface area contributed by atoms with E-state index in [-0.39, 0.29) is 11.3 Å². The second-order valence-electron chi connectivity index (χ2n) is 13.4. The van der Waals surface area contributed by atoms with Crippen LogP contribution in [-0.4, -0.2) is 0 Å². The molecule has 1 aromatic heterocycles. The fourth-order valence-corrected chi connectivity index (χ4v) is 8.16. The van der Waals surface area contributed by atoms with Gasteiger partial charge in [-0.05, 0) is 75.0 Å². The van der Waals surface area contributed by atoms with Crippen LogP contribution in [0.4, 0.5) is 17.1 Å². The maximum atomic E-state index is 6.71. The molecule has 226 valence electrons. The highest BCUT2D eigenvalue weighted by atomic mass is 16.3. The third kappa shape index (κ3) is 4.40. The van der Waals surface area contributed by atoms with E-state index >= 15 is 0 Å². The summed E-state index contributed by atoms with van der Waals surface area (Å²) in [7, 11) is 0. The lowest BCUT2D eigenvalue weighted by Gasteiger charge is -2.30. The zero-order valence-electron chi connectivity index (χ0n) is 26.6. The number of benzene rings is 6. The average Bonchev–Trinajstić information content (AvgIpc) is 3.61. The summed E-state index contributed by atoms with van der Waals surface area (Å²) in [4.78, 5) is 2.47. The van der Waals surface area contributed by atoms with E-state index < -0.39 is 0 Å². The van der Waals surface area contributed by atoms with E-state index in [9.17, 15) is 0 Å². The fraction of sp³-hybridized carbons (Fsp3) is 0.111. The van der Waals surface area contributed by atoms with Gasteiger partial charge in [-0.25, -0.2) is 0 Å². The summed E-state index contributed by atoms with van der Waals surface area (Å²) in [5.74, 6) is 0.587. The largest absolute Gasteiger partial charge is 0.456 e. The summed E-state index contributed by atoms with van der Waals surface area (Å²) in [5, 5.41) is 2.44. The van der Waals surface area contributed by atoms with Crippen LogP contribution in [-0.2, 0) is 5.41 Å². The Bertz CT molecular complexity index is 2260. The number of para-hydroxylation sites is 1. The Morgan fingerprint density at radius 3 is 1.79 bits per heavy atom. The molecule has 0 saturated heterocycles. The van der Waals surface area contributed by atoms with Gasteiger partial charge < -0.3 is 9.32 Å². The predicted molar refractivity (Wildman–Crippen MR) is 197 cm³/mol. The van der Waals surface area contributed by atoms with Gasteiger partial charge in [-0.2, -0.15) is 0 Å². The SMILES string of the molecule is CC1(C)c2c(c(N(c3cccc(-c4ccccc4)c3)c3cccc(-c4ccccc4)c3)cc3oc4ccccc4c23)C2C=CC=CC21. The van der Waals surface area contributed by atoms with Gasteiger partial charge in [-0.15, -0.1) is 0 Å². The molecule has 2 heteroatoms. The van der Waals surface area contributed by atoms with Gasteiger partial charge in [0.05, 0.1) is 5.69 Å². The van der Waals surface area contributed by atoms with Crippen molar-refractivity contribution in [1.29, 1.82) is 0 Å². The number of fused-ring (bicyclic) bond motifs is 7. The van der Waals surface area contributed by atoms with Crippen LogP contribution in [0.1, 0.15) is 30.9 Å². The van der Waals surface area contributed by atoms with Gasteiger partial charge in [-0.1, -0.05) is 141 Å². The molecule has 0 bridgehead atoms. The minimum atomic E-state index is -0.106. The molecule has 0 N–H and O–H groups in total.